The Kier molecular flexibility index (Phi) is 5.95. The molecule has 0 fully saturated rings. The second-order valence-electron chi connectivity index (χ2n) is 6.08. The van der Waals surface area contributed by atoms with Crippen molar-refractivity contribution in [1.29, 1.82) is 0 Å². The van der Waals surface area contributed by atoms with E-state index in [-0.39, 0.29) is 29.0 Å². The monoisotopic (exact) mass is 486 g/mol. The van der Waals surface area contributed by atoms with Crippen LogP contribution in [-0.2, 0) is 17.1 Å². The molecule has 0 spiro atoms. The van der Waals surface area contributed by atoms with Crippen molar-refractivity contribution in [2.24, 2.45) is 5.84 Å². The van der Waals surface area contributed by atoms with Gasteiger partial charge >= 0.3 is 12.4 Å². The van der Waals surface area contributed by atoms with Gasteiger partial charge in [0.25, 0.3) is 5.91 Å². The molecule has 0 aliphatic carbocycles. The largest absolute Gasteiger partial charge is 0.417 e. The zero-order valence-corrected chi connectivity index (χ0v) is 16.4. The first-order valence-corrected chi connectivity index (χ1v) is 8.81. The van der Waals surface area contributed by atoms with Crippen LogP contribution < -0.4 is 21.1 Å². The van der Waals surface area contributed by atoms with Crippen LogP contribution in [0.5, 0.6) is 0 Å². The number of nitrogens with zero attached hydrogens (tertiary/aromatic N) is 4. The van der Waals surface area contributed by atoms with Gasteiger partial charge in [0, 0.05) is 18.6 Å². The van der Waals surface area contributed by atoms with Crippen LogP contribution in [0.2, 0.25) is 10.0 Å². The lowest BCUT2D eigenvalue weighted by atomic mass is 10.2. The molecule has 0 bridgehead atoms. The lowest BCUT2D eigenvalue weighted by Crippen LogP contribution is -2.38. The van der Waals surface area contributed by atoms with Crippen LogP contribution in [0, 0.1) is 0 Å². The number of hydrogen-bond acceptors (Lipinski definition) is 6. The number of alkyl halides is 6. The van der Waals surface area contributed by atoms with E-state index < -0.39 is 34.4 Å². The van der Waals surface area contributed by atoms with E-state index in [2.05, 4.69) is 9.97 Å². The molecule has 2 aromatic rings. The predicted molar refractivity (Wildman–Crippen MR) is 98.7 cm³/mol. The van der Waals surface area contributed by atoms with Gasteiger partial charge < -0.3 is 9.80 Å². The summed E-state index contributed by atoms with van der Waals surface area (Å²) in [4.78, 5) is 21.8. The fourth-order valence-corrected chi connectivity index (χ4v) is 3.18. The molecule has 166 valence electrons. The molecular formula is C16H10Cl2F6N6O. The molecule has 3 rings (SSSR count). The van der Waals surface area contributed by atoms with Crippen LogP contribution in [0.15, 0.2) is 36.4 Å². The van der Waals surface area contributed by atoms with Crippen LogP contribution in [-0.4, -0.2) is 22.5 Å². The van der Waals surface area contributed by atoms with Gasteiger partial charge in [0.2, 0.25) is 0 Å². The number of pyridine rings is 2. The van der Waals surface area contributed by atoms with Crippen molar-refractivity contribution < 1.29 is 31.1 Å². The van der Waals surface area contributed by atoms with Crippen LogP contribution >= 0.6 is 23.2 Å². The molecule has 0 atom stereocenters. The van der Waals surface area contributed by atoms with E-state index in [1.807, 2.05) is 5.43 Å². The predicted octanol–water partition coefficient (Wildman–Crippen LogP) is 3.94. The van der Waals surface area contributed by atoms with Crippen LogP contribution in [0.3, 0.4) is 0 Å². The summed E-state index contributed by atoms with van der Waals surface area (Å²) in [6.45, 7) is -0.307. The molecular weight excluding hydrogens is 477 g/mol. The third kappa shape index (κ3) is 4.62. The fourth-order valence-electron chi connectivity index (χ4n) is 2.63. The Balaban J connectivity index is 2.00. The van der Waals surface area contributed by atoms with Crippen LogP contribution in [0.1, 0.15) is 11.1 Å². The minimum atomic E-state index is -4.70. The summed E-state index contributed by atoms with van der Waals surface area (Å²) in [7, 11) is 0. The number of carbonyl (C=O) groups is 1. The lowest BCUT2D eigenvalue weighted by molar-refractivity contribution is -0.138. The van der Waals surface area contributed by atoms with E-state index >= 15 is 0 Å². The van der Waals surface area contributed by atoms with Gasteiger partial charge in [-0.3, -0.25) is 10.2 Å². The fraction of sp³-hybridized carbons (Fsp3) is 0.188. The number of aromatic nitrogens is 2. The van der Waals surface area contributed by atoms with Crippen LogP contribution in [0.25, 0.3) is 0 Å². The average Bonchev–Trinajstić information content (AvgIpc) is 3.10. The highest BCUT2D eigenvalue weighted by molar-refractivity contribution is 6.33. The van der Waals surface area contributed by atoms with Gasteiger partial charge in [0.1, 0.15) is 12.4 Å². The van der Waals surface area contributed by atoms with Gasteiger partial charge in [-0.05, 0) is 12.1 Å². The zero-order chi connectivity index (χ0) is 23.1. The maximum atomic E-state index is 12.9. The van der Waals surface area contributed by atoms with E-state index in [4.69, 9.17) is 29.0 Å². The molecule has 31 heavy (non-hydrogen) atoms. The van der Waals surface area contributed by atoms with E-state index in [0.29, 0.717) is 24.5 Å². The second kappa shape index (κ2) is 8.05. The highest BCUT2D eigenvalue weighted by Crippen LogP contribution is 2.38. The van der Waals surface area contributed by atoms with Crippen LogP contribution in [0.4, 0.5) is 38.0 Å². The van der Waals surface area contributed by atoms with Gasteiger partial charge in [-0.2, -0.15) is 26.3 Å². The number of nitrogens with two attached hydrogens (primary N) is 1. The molecule has 0 saturated carbocycles. The summed E-state index contributed by atoms with van der Waals surface area (Å²) < 4.78 is 77.1. The van der Waals surface area contributed by atoms with Crippen molar-refractivity contribution in [2.75, 3.05) is 16.5 Å². The normalized spacial score (nSPS) is 14.7. The number of hydrazine groups is 1. The third-order valence-corrected chi connectivity index (χ3v) is 4.61. The highest BCUT2D eigenvalue weighted by Gasteiger charge is 2.36. The molecule has 0 aromatic carbocycles. The molecule has 0 unspecified atom stereocenters. The van der Waals surface area contributed by atoms with Crippen molar-refractivity contribution in [1.82, 2.24) is 15.4 Å². The number of amides is 1. The Hall–Kier alpha value is -2.77. The Morgan fingerprint density at radius 1 is 0.968 bits per heavy atom. The molecule has 2 aromatic heterocycles. The standard InChI is InChI=1S/C16H10Cl2F6N6O/c17-9-1-7(15(19,20)21)3-26-12(9)29-5-11(14(31)28-25)30(6-29)13-10(18)2-8(4-27-13)16(22,23)24/h1-5H,6,25H2,(H,28,31). The summed E-state index contributed by atoms with van der Waals surface area (Å²) in [5, 5.41) is -0.814. The van der Waals surface area contributed by atoms with Gasteiger partial charge in [-0.25, -0.2) is 15.8 Å². The van der Waals surface area contributed by atoms with Crippen molar-refractivity contribution in [3.8, 4) is 0 Å². The molecule has 1 amide bonds. The lowest BCUT2D eigenvalue weighted by Gasteiger charge is -2.24. The third-order valence-electron chi connectivity index (χ3n) is 4.05. The number of rotatable bonds is 3. The van der Waals surface area contributed by atoms with Crippen molar-refractivity contribution in [2.45, 2.75) is 12.4 Å². The Morgan fingerprint density at radius 2 is 1.45 bits per heavy atom. The average molecular weight is 487 g/mol. The summed E-state index contributed by atoms with van der Waals surface area (Å²) in [5.41, 5.74) is -0.566. The maximum Gasteiger partial charge on any atom is 0.417 e. The number of anilines is 2. The highest BCUT2D eigenvalue weighted by atomic mass is 35.5. The topological polar surface area (TPSA) is 87.4 Å². The first-order valence-electron chi connectivity index (χ1n) is 8.05. The molecule has 1 aliphatic heterocycles. The quantitative estimate of drug-likeness (QED) is 0.295. The summed E-state index contributed by atoms with van der Waals surface area (Å²) in [6, 6.07) is 1.26. The van der Waals surface area contributed by atoms with Crippen molar-refractivity contribution in [3.05, 3.63) is 57.6 Å². The van der Waals surface area contributed by atoms with E-state index in [1.54, 1.807) is 0 Å². The summed E-state index contributed by atoms with van der Waals surface area (Å²) in [5.74, 6) is 3.89. The molecule has 7 nitrogen and oxygen atoms in total. The molecule has 1 aliphatic rings. The SMILES string of the molecule is NNC(=O)C1=CN(c2ncc(C(F)(F)F)cc2Cl)CN1c1ncc(C(F)(F)F)cc1Cl. The Morgan fingerprint density at radius 3 is 1.87 bits per heavy atom. The minimum absolute atomic E-state index is 0.150. The summed E-state index contributed by atoms with van der Waals surface area (Å²) >= 11 is 11.9. The van der Waals surface area contributed by atoms with E-state index in [9.17, 15) is 31.1 Å². The Labute approximate surface area is 180 Å². The van der Waals surface area contributed by atoms with Crippen molar-refractivity contribution in [3.63, 3.8) is 0 Å². The van der Waals surface area contributed by atoms with Gasteiger partial charge in [0.05, 0.1) is 21.2 Å². The number of nitrogens with one attached hydrogen (secondary N) is 1. The maximum absolute atomic E-state index is 12.9. The summed E-state index contributed by atoms with van der Waals surface area (Å²) in [6.07, 6.45) is -7.17. The van der Waals surface area contributed by atoms with Gasteiger partial charge in [0.15, 0.2) is 11.6 Å². The molecule has 0 radical (unpaired) electrons. The van der Waals surface area contributed by atoms with E-state index in [0.717, 1.165) is 11.1 Å². The molecule has 15 heteroatoms. The molecule has 3 N–H and O–H groups in total. The molecule has 3 heterocycles. The first-order chi connectivity index (χ1) is 14.3. The smallest absolute Gasteiger partial charge is 0.311 e. The number of hydrogen-bond donors (Lipinski definition) is 2. The van der Waals surface area contributed by atoms with Gasteiger partial charge in [-0.1, -0.05) is 23.2 Å². The van der Waals surface area contributed by atoms with Crippen molar-refractivity contribution >= 4 is 40.7 Å². The van der Waals surface area contributed by atoms with E-state index in [1.165, 1.54) is 4.90 Å². The molecule has 0 saturated heterocycles. The first kappa shape index (κ1) is 22.9. The van der Waals surface area contributed by atoms with Gasteiger partial charge in [-0.15, -0.1) is 0 Å². The Bertz CT molecular complexity index is 1060. The zero-order valence-electron chi connectivity index (χ0n) is 14.9. The number of carbonyl (C=O) groups excluding carboxylic acids is 1. The number of halogens is 8. The second-order valence-corrected chi connectivity index (χ2v) is 6.90. The minimum Gasteiger partial charge on any atom is -0.311 e.